The molecule has 1 aromatic carbocycles. The van der Waals surface area contributed by atoms with Crippen LogP contribution in [0.15, 0.2) is 35.7 Å². The number of nitrogen functional groups attached to an aromatic ring is 1. The second-order valence-corrected chi connectivity index (χ2v) is 6.61. The number of nitrogens with zero attached hydrogens (tertiary/aromatic N) is 1. The number of aryl methyl sites for hydroxylation is 1. The van der Waals surface area contributed by atoms with Gasteiger partial charge in [-0.05, 0) is 67.4 Å². The highest BCUT2D eigenvalue weighted by Gasteiger charge is 2.23. The summed E-state index contributed by atoms with van der Waals surface area (Å²) < 4.78 is 0. The topological polar surface area (TPSA) is 29.3 Å². The van der Waals surface area contributed by atoms with Gasteiger partial charge in [0.05, 0.1) is 0 Å². The quantitative estimate of drug-likeness (QED) is 0.864. The average molecular weight is 286 g/mol. The molecule has 3 rings (SSSR count). The highest BCUT2D eigenvalue weighted by Crippen LogP contribution is 2.32. The number of thiophene rings is 1. The zero-order valence-corrected chi connectivity index (χ0v) is 12.8. The molecule has 2 nitrogen and oxygen atoms in total. The Labute approximate surface area is 125 Å². The van der Waals surface area contributed by atoms with E-state index in [1.54, 1.807) is 10.4 Å². The molecule has 1 aliphatic heterocycles. The third-order valence-electron chi connectivity index (χ3n) is 4.29. The first-order valence-corrected chi connectivity index (χ1v) is 8.27. The van der Waals surface area contributed by atoms with Crippen molar-refractivity contribution in [2.75, 3.05) is 18.8 Å². The molecule has 0 radical (unpaired) electrons. The molecule has 0 saturated heterocycles. The minimum atomic E-state index is 0.580. The van der Waals surface area contributed by atoms with E-state index in [0.29, 0.717) is 6.04 Å². The second-order valence-electron chi connectivity index (χ2n) is 5.61. The molecule has 20 heavy (non-hydrogen) atoms. The fourth-order valence-electron chi connectivity index (χ4n) is 3.04. The van der Waals surface area contributed by atoms with Crippen molar-refractivity contribution in [2.24, 2.45) is 0 Å². The summed E-state index contributed by atoms with van der Waals surface area (Å²) in [6.45, 7) is 4.73. The molecule has 0 spiro atoms. The third kappa shape index (κ3) is 2.89. The van der Waals surface area contributed by atoms with Gasteiger partial charge in [0.2, 0.25) is 0 Å². The smallest absolute Gasteiger partial charge is 0.0331 e. The lowest BCUT2D eigenvalue weighted by Gasteiger charge is -2.33. The van der Waals surface area contributed by atoms with Crippen LogP contribution in [0.2, 0.25) is 0 Å². The number of rotatable bonds is 4. The van der Waals surface area contributed by atoms with Crippen molar-refractivity contribution in [3.05, 3.63) is 51.7 Å². The van der Waals surface area contributed by atoms with Crippen molar-refractivity contribution < 1.29 is 0 Å². The second kappa shape index (κ2) is 5.98. The van der Waals surface area contributed by atoms with Gasteiger partial charge in [0.1, 0.15) is 0 Å². The van der Waals surface area contributed by atoms with Gasteiger partial charge in [0, 0.05) is 23.2 Å². The number of benzene rings is 1. The molecule has 2 aromatic rings. The summed E-state index contributed by atoms with van der Waals surface area (Å²) in [5.41, 5.74) is 9.51. The maximum absolute atomic E-state index is 5.72. The van der Waals surface area contributed by atoms with Crippen molar-refractivity contribution in [1.82, 2.24) is 4.90 Å². The average Bonchev–Trinajstić information content (AvgIpc) is 2.93. The fourth-order valence-corrected chi connectivity index (χ4v) is 4.00. The molecule has 0 amide bonds. The van der Waals surface area contributed by atoms with Crippen LogP contribution in [0.4, 0.5) is 5.69 Å². The highest BCUT2D eigenvalue weighted by atomic mass is 32.1. The van der Waals surface area contributed by atoms with E-state index in [-0.39, 0.29) is 0 Å². The summed E-state index contributed by atoms with van der Waals surface area (Å²) in [6, 6.07) is 11.2. The number of anilines is 1. The molecule has 2 heterocycles. The zero-order chi connectivity index (χ0) is 13.9. The highest BCUT2D eigenvalue weighted by molar-refractivity contribution is 7.10. The van der Waals surface area contributed by atoms with Crippen LogP contribution in [0.1, 0.15) is 35.4 Å². The first-order chi connectivity index (χ1) is 9.74. The van der Waals surface area contributed by atoms with Gasteiger partial charge in [-0.3, -0.25) is 4.90 Å². The van der Waals surface area contributed by atoms with Crippen molar-refractivity contribution in [1.29, 1.82) is 0 Å². The van der Waals surface area contributed by atoms with Crippen molar-refractivity contribution in [2.45, 2.75) is 32.2 Å². The van der Waals surface area contributed by atoms with E-state index in [4.69, 9.17) is 5.73 Å². The molecule has 1 aromatic heterocycles. The number of hydrogen-bond acceptors (Lipinski definition) is 3. The standard InChI is InChI=1S/C17H22N2S/c1-13-16-9-12-20-17(16)8-11-19(13)10-2-3-14-4-6-15(18)7-5-14/h4-7,9,12-13H,2-3,8,10-11,18H2,1H3. The minimum Gasteiger partial charge on any atom is -0.399 e. The monoisotopic (exact) mass is 286 g/mol. The first-order valence-electron chi connectivity index (χ1n) is 7.39. The molecule has 2 N–H and O–H groups in total. The van der Waals surface area contributed by atoms with E-state index in [1.165, 1.54) is 31.5 Å². The molecule has 1 atom stereocenters. The maximum atomic E-state index is 5.72. The number of hydrogen-bond donors (Lipinski definition) is 1. The van der Waals surface area contributed by atoms with Gasteiger partial charge in [-0.1, -0.05) is 12.1 Å². The Morgan fingerprint density at radius 2 is 2.05 bits per heavy atom. The van der Waals surface area contributed by atoms with Crippen LogP contribution in [0.3, 0.4) is 0 Å². The molecule has 0 fully saturated rings. The first kappa shape index (κ1) is 13.7. The van der Waals surface area contributed by atoms with Crippen LogP contribution < -0.4 is 5.73 Å². The summed E-state index contributed by atoms with van der Waals surface area (Å²) >= 11 is 1.91. The summed E-state index contributed by atoms with van der Waals surface area (Å²) in [6.07, 6.45) is 3.58. The van der Waals surface area contributed by atoms with Gasteiger partial charge in [0.25, 0.3) is 0 Å². The van der Waals surface area contributed by atoms with Gasteiger partial charge >= 0.3 is 0 Å². The fraction of sp³-hybridized carbons (Fsp3) is 0.412. The molecular formula is C17H22N2S. The SMILES string of the molecule is CC1c2ccsc2CCN1CCCc1ccc(N)cc1. The van der Waals surface area contributed by atoms with E-state index >= 15 is 0 Å². The summed E-state index contributed by atoms with van der Waals surface area (Å²) in [4.78, 5) is 4.21. The van der Waals surface area contributed by atoms with Crippen LogP contribution in [-0.4, -0.2) is 18.0 Å². The van der Waals surface area contributed by atoms with E-state index < -0.39 is 0 Å². The number of nitrogens with two attached hydrogens (primary N) is 1. The molecule has 3 heteroatoms. The van der Waals surface area contributed by atoms with E-state index in [9.17, 15) is 0 Å². The minimum absolute atomic E-state index is 0.580. The Morgan fingerprint density at radius 3 is 2.85 bits per heavy atom. The van der Waals surface area contributed by atoms with Crippen molar-refractivity contribution >= 4 is 17.0 Å². The summed E-state index contributed by atoms with van der Waals surface area (Å²) in [7, 11) is 0. The maximum Gasteiger partial charge on any atom is 0.0331 e. The largest absolute Gasteiger partial charge is 0.399 e. The molecule has 0 aliphatic carbocycles. The van der Waals surface area contributed by atoms with E-state index in [2.05, 4.69) is 35.4 Å². The van der Waals surface area contributed by atoms with E-state index in [0.717, 1.165) is 12.1 Å². The van der Waals surface area contributed by atoms with Crippen LogP contribution in [0.25, 0.3) is 0 Å². The van der Waals surface area contributed by atoms with Crippen LogP contribution in [-0.2, 0) is 12.8 Å². The normalized spacial score (nSPS) is 18.9. The predicted molar refractivity (Wildman–Crippen MR) is 87.2 cm³/mol. The van der Waals surface area contributed by atoms with Gasteiger partial charge < -0.3 is 5.73 Å². The molecule has 1 unspecified atom stereocenters. The Kier molecular flexibility index (Phi) is 4.08. The zero-order valence-electron chi connectivity index (χ0n) is 12.0. The molecule has 0 bridgehead atoms. The predicted octanol–water partition coefficient (Wildman–Crippen LogP) is 3.88. The van der Waals surface area contributed by atoms with Crippen molar-refractivity contribution in [3.63, 3.8) is 0 Å². The lowest BCUT2D eigenvalue weighted by Crippen LogP contribution is -2.34. The summed E-state index contributed by atoms with van der Waals surface area (Å²) in [5.74, 6) is 0. The van der Waals surface area contributed by atoms with Crippen LogP contribution in [0.5, 0.6) is 0 Å². The molecule has 1 aliphatic rings. The van der Waals surface area contributed by atoms with Gasteiger partial charge in [-0.2, -0.15) is 0 Å². The Hall–Kier alpha value is -1.32. The van der Waals surface area contributed by atoms with Crippen LogP contribution in [0, 0.1) is 0 Å². The lowest BCUT2D eigenvalue weighted by atomic mass is 10.0. The molecule has 0 saturated carbocycles. The lowest BCUT2D eigenvalue weighted by molar-refractivity contribution is 0.198. The number of fused-ring (bicyclic) bond motifs is 1. The summed E-state index contributed by atoms with van der Waals surface area (Å²) in [5, 5.41) is 2.24. The van der Waals surface area contributed by atoms with Gasteiger partial charge in [0.15, 0.2) is 0 Å². The molecular weight excluding hydrogens is 264 g/mol. The Bertz CT molecular complexity index is 559. The Balaban J connectivity index is 1.53. The molecule has 106 valence electrons. The van der Waals surface area contributed by atoms with E-state index in [1.807, 2.05) is 23.5 Å². The van der Waals surface area contributed by atoms with Crippen molar-refractivity contribution in [3.8, 4) is 0 Å². The van der Waals surface area contributed by atoms with Crippen LogP contribution >= 0.6 is 11.3 Å². The Morgan fingerprint density at radius 1 is 1.25 bits per heavy atom. The van der Waals surface area contributed by atoms with Gasteiger partial charge in [-0.15, -0.1) is 11.3 Å². The van der Waals surface area contributed by atoms with Gasteiger partial charge in [-0.25, -0.2) is 0 Å². The third-order valence-corrected chi connectivity index (χ3v) is 5.29.